The second kappa shape index (κ2) is 10.1. The Morgan fingerprint density at radius 3 is 2.45 bits per heavy atom. The smallest absolute Gasteiger partial charge is 0.194 e. The molecule has 1 aliphatic rings. The third-order valence-corrected chi connectivity index (χ3v) is 5.07. The molecule has 1 aliphatic heterocycles. The predicted molar refractivity (Wildman–Crippen MR) is 114 cm³/mol. The van der Waals surface area contributed by atoms with E-state index in [1.54, 1.807) is 25.3 Å². The van der Waals surface area contributed by atoms with Gasteiger partial charge in [-0.3, -0.25) is 4.99 Å². The number of aromatic hydroxyl groups is 1. The van der Waals surface area contributed by atoms with E-state index in [0.717, 1.165) is 49.9 Å². The highest BCUT2D eigenvalue weighted by Gasteiger charge is 2.21. The Morgan fingerprint density at radius 1 is 1.14 bits per heavy atom. The average Bonchev–Trinajstić information content (AvgIpc) is 2.75. The summed E-state index contributed by atoms with van der Waals surface area (Å²) < 4.78 is 18.8. The summed E-state index contributed by atoms with van der Waals surface area (Å²) in [5.41, 5.74) is 1.77. The van der Waals surface area contributed by atoms with Crippen molar-refractivity contribution in [1.29, 1.82) is 0 Å². The average molecular weight is 400 g/mol. The number of piperazine rings is 1. The van der Waals surface area contributed by atoms with Crippen molar-refractivity contribution in [2.45, 2.75) is 13.0 Å². The van der Waals surface area contributed by atoms with Gasteiger partial charge in [0.2, 0.25) is 0 Å². The molecule has 1 heterocycles. The summed E-state index contributed by atoms with van der Waals surface area (Å²) in [5.74, 6) is 0.889. The molecule has 0 aliphatic carbocycles. The molecule has 29 heavy (non-hydrogen) atoms. The maximum absolute atomic E-state index is 13.2. The lowest BCUT2D eigenvalue weighted by atomic mass is 10.1. The lowest BCUT2D eigenvalue weighted by molar-refractivity contribution is 0.110. The van der Waals surface area contributed by atoms with Gasteiger partial charge < -0.3 is 25.0 Å². The van der Waals surface area contributed by atoms with Gasteiger partial charge in [0.1, 0.15) is 17.7 Å². The summed E-state index contributed by atoms with van der Waals surface area (Å²) in [6, 6.07) is 13.8. The van der Waals surface area contributed by atoms with Gasteiger partial charge in [-0.15, -0.1) is 0 Å². The number of rotatable bonds is 6. The van der Waals surface area contributed by atoms with Gasteiger partial charge in [0.15, 0.2) is 5.96 Å². The zero-order valence-corrected chi connectivity index (χ0v) is 17.0. The fourth-order valence-corrected chi connectivity index (χ4v) is 3.48. The molecule has 156 valence electrons. The van der Waals surface area contributed by atoms with Gasteiger partial charge in [-0.05, 0) is 36.8 Å². The van der Waals surface area contributed by atoms with E-state index >= 15 is 0 Å². The van der Waals surface area contributed by atoms with Crippen molar-refractivity contribution >= 4 is 11.6 Å². The second-order valence-corrected chi connectivity index (χ2v) is 6.93. The largest absolute Gasteiger partial charge is 0.506 e. The van der Waals surface area contributed by atoms with Crippen LogP contribution in [0.3, 0.4) is 0 Å². The molecule has 0 spiro atoms. The van der Waals surface area contributed by atoms with Crippen LogP contribution in [-0.4, -0.2) is 62.3 Å². The van der Waals surface area contributed by atoms with Crippen molar-refractivity contribution in [2.24, 2.45) is 4.99 Å². The van der Waals surface area contributed by atoms with Crippen molar-refractivity contribution in [3.8, 4) is 5.75 Å². The fourth-order valence-electron chi connectivity index (χ4n) is 3.48. The minimum atomic E-state index is -0.261. The summed E-state index contributed by atoms with van der Waals surface area (Å²) in [5, 5.41) is 13.4. The van der Waals surface area contributed by atoms with Crippen molar-refractivity contribution in [3.05, 3.63) is 59.9 Å². The van der Waals surface area contributed by atoms with Crippen LogP contribution < -0.4 is 10.2 Å². The first-order valence-corrected chi connectivity index (χ1v) is 9.96. The van der Waals surface area contributed by atoms with E-state index in [2.05, 4.69) is 15.1 Å². The van der Waals surface area contributed by atoms with Gasteiger partial charge in [-0.2, -0.15) is 0 Å². The maximum Gasteiger partial charge on any atom is 0.194 e. The first-order valence-electron chi connectivity index (χ1n) is 9.96. The third-order valence-electron chi connectivity index (χ3n) is 5.07. The van der Waals surface area contributed by atoms with E-state index in [1.807, 2.05) is 25.1 Å². The molecule has 3 rings (SSSR count). The molecule has 0 bridgehead atoms. The van der Waals surface area contributed by atoms with Gasteiger partial charge in [0.25, 0.3) is 0 Å². The number of ether oxygens (including phenoxy) is 1. The third kappa shape index (κ3) is 5.38. The number of aliphatic imine (C=N–C) groups is 1. The van der Waals surface area contributed by atoms with E-state index in [4.69, 9.17) is 9.73 Å². The molecule has 0 aromatic heterocycles. The monoisotopic (exact) mass is 400 g/mol. The Balaban J connectivity index is 1.65. The number of methoxy groups -OCH3 is 1. The minimum Gasteiger partial charge on any atom is -0.506 e. The van der Waals surface area contributed by atoms with Crippen LogP contribution in [0.4, 0.5) is 10.1 Å². The van der Waals surface area contributed by atoms with E-state index in [9.17, 15) is 9.50 Å². The number of guanidine groups is 1. The number of halogens is 1. The molecule has 7 heteroatoms. The number of benzene rings is 2. The number of phenols is 1. The Kier molecular flexibility index (Phi) is 7.30. The first kappa shape index (κ1) is 20.9. The minimum absolute atomic E-state index is 0.230. The first-order chi connectivity index (χ1) is 14.1. The second-order valence-electron chi connectivity index (χ2n) is 6.93. The van der Waals surface area contributed by atoms with Crippen LogP contribution in [-0.2, 0) is 4.74 Å². The Bertz CT molecular complexity index is 805. The van der Waals surface area contributed by atoms with Crippen molar-refractivity contribution in [3.63, 3.8) is 0 Å². The molecule has 1 saturated heterocycles. The van der Waals surface area contributed by atoms with E-state index in [0.29, 0.717) is 12.3 Å². The zero-order valence-electron chi connectivity index (χ0n) is 17.0. The fraction of sp³-hybridized carbons (Fsp3) is 0.409. The number of anilines is 1. The highest BCUT2D eigenvalue weighted by atomic mass is 19.1. The van der Waals surface area contributed by atoms with Crippen molar-refractivity contribution in [1.82, 2.24) is 10.2 Å². The summed E-state index contributed by atoms with van der Waals surface area (Å²) >= 11 is 0. The zero-order chi connectivity index (χ0) is 20.6. The van der Waals surface area contributed by atoms with E-state index in [1.165, 1.54) is 12.1 Å². The Morgan fingerprint density at radius 2 is 1.83 bits per heavy atom. The van der Waals surface area contributed by atoms with Gasteiger partial charge in [0, 0.05) is 39.8 Å². The van der Waals surface area contributed by atoms with Gasteiger partial charge in [-0.25, -0.2) is 4.39 Å². The highest BCUT2D eigenvalue weighted by Crippen LogP contribution is 2.27. The van der Waals surface area contributed by atoms with Crippen LogP contribution in [0, 0.1) is 5.82 Å². The maximum atomic E-state index is 13.2. The molecule has 2 N–H and O–H groups in total. The molecule has 0 saturated carbocycles. The standard InChI is InChI=1S/C22H29FN4O2/c1-3-24-22(25-16-21(29-2)17-8-10-18(23)11-9-17)27-14-12-26(13-15-27)19-6-4-5-7-20(19)28/h4-11,21,28H,3,12-16H2,1-2H3,(H,24,25). The van der Waals surface area contributed by atoms with Crippen molar-refractivity contribution in [2.75, 3.05) is 51.3 Å². The molecule has 1 unspecified atom stereocenters. The molecule has 1 fully saturated rings. The molecule has 1 atom stereocenters. The van der Waals surface area contributed by atoms with E-state index < -0.39 is 0 Å². The molecule has 2 aromatic rings. The Hall–Kier alpha value is -2.80. The van der Waals surface area contributed by atoms with Crippen LogP contribution >= 0.6 is 0 Å². The van der Waals surface area contributed by atoms with E-state index in [-0.39, 0.29) is 11.9 Å². The number of hydrogen-bond acceptors (Lipinski definition) is 4. The van der Waals surface area contributed by atoms with Gasteiger partial charge in [-0.1, -0.05) is 24.3 Å². The number of phenolic OH excluding ortho intramolecular Hbond substituents is 1. The molecule has 0 amide bonds. The number of hydrogen-bond donors (Lipinski definition) is 2. The SMILES string of the molecule is CCNC(=NCC(OC)c1ccc(F)cc1)N1CCN(c2ccccc2O)CC1. The van der Waals surface area contributed by atoms with Crippen LogP contribution in [0.25, 0.3) is 0 Å². The van der Waals surface area contributed by atoms with Crippen LogP contribution in [0.15, 0.2) is 53.5 Å². The molecule has 2 aromatic carbocycles. The van der Waals surface area contributed by atoms with Crippen LogP contribution in [0.5, 0.6) is 5.75 Å². The summed E-state index contributed by atoms with van der Waals surface area (Å²) in [6.45, 7) is 6.46. The predicted octanol–water partition coefficient (Wildman–Crippen LogP) is 3.01. The number of nitrogens with zero attached hydrogens (tertiary/aromatic N) is 3. The highest BCUT2D eigenvalue weighted by molar-refractivity contribution is 5.80. The number of para-hydroxylation sites is 2. The lowest BCUT2D eigenvalue weighted by Gasteiger charge is -2.38. The molecular weight excluding hydrogens is 371 g/mol. The molecule has 0 radical (unpaired) electrons. The van der Waals surface area contributed by atoms with Crippen molar-refractivity contribution < 1.29 is 14.2 Å². The van der Waals surface area contributed by atoms with Crippen LogP contribution in [0.1, 0.15) is 18.6 Å². The van der Waals surface area contributed by atoms with Gasteiger partial charge >= 0.3 is 0 Å². The summed E-state index contributed by atoms with van der Waals surface area (Å²) in [7, 11) is 1.64. The quantitative estimate of drug-likeness (QED) is 0.577. The van der Waals surface area contributed by atoms with Crippen LogP contribution in [0.2, 0.25) is 0 Å². The molecule has 6 nitrogen and oxygen atoms in total. The summed E-state index contributed by atoms with van der Waals surface area (Å²) in [4.78, 5) is 9.17. The molecular formula is C22H29FN4O2. The normalized spacial score (nSPS) is 16.0. The topological polar surface area (TPSA) is 60.3 Å². The Labute approximate surface area is 171 Å². The lowest BCUT2D eigenvalue weighted by Crippen LogP contribution is -2.52. The van der Waals surface area contributed by atoms with Gasteiger partial charge in [0.05, 0.1) is 12.2 Å². The summed E-state index contributed by atoms with van der Waals surface area (Å²) in [6.07, 6.45) is -0.230. The number of nitrogens with one attached hydrogen (secondary N) is 1.